The summed E-state index contributed by atoms with van der Waals surface area (Å²) in [5.74, 6) is 0.0419. The minimum absolute atomic E-state index is 0.0419. The third-order valence-electron chi connectivity index (χ3n) is 1.63. The van der Waals surface area contributed by atoms with E-state index in [9.17, 15) is 19.1 Å². The van der Waals surface area contributed by atoms with Gasteiger partial charge in [-0.25, -0.2) is 14.5 Å². The van der Waals surface area contributed by atoms with Gasteiger partial charge in [0.15, 0.2) is 0 Å². The normalized spacial score (nSPS) is 14.0. The van der Waals surface area contributed by atoms with E-state index in [1.165, 1.54) is 12.1 Å². The molecule has 94 valence electrons. The number of alkyl halides is 1. The predicted molar refractivity (Wildman–Crippen MR) is 57.4 cm³/mol. The molecule has 0 saturated heterocycles. The number of nitrogens with two attached hydrogens (primary N) is 1. The van der Waals surface area contributed by atoms with Crippen LogP contribution in [0.15, 0.2) is 24.3 Å². The van der Waals surface area contributed by atoms with Crippen molar-refractivity contribution in [1.82, 2.24) is 0 Å². The van der Waals surface area contributed by atoms with Crippen LogP contribution in [-0.2, 0) is 9.09 Å². The van der Waals surface area contributed by atoms with Gasteiger partial charge in [-0.15, -0.1) is 0 Å². The Hall–Kier alpha value is -1.50. The van der Waals surface area contributed by atoms with Crippen molar-refractivity contribution in [2.45, 2.75) is 0 Å². The lowest BCUT2D eigenvalue weighted by molar-refractivity contribution is -0.384. The SMILES string of the molecule is NP(=O)(OCCF)Oc1ccc([N+](=O)[O-])cc1. The minimum atomic E-state index is -3.88. The maximum atomic E-state index is 11.8. The van der Waals surface area contributed by atoms with E-state index in [1.54, 1.807) is 0 Å². The lowest BCUT2D eigenvalue weighted by atomic mass is 10.3. The molecule has 7 nitrogen and oxygen atoms in total. The van der Waals surface area contributed by atoms with Gasteiger partial charge in [-0.2, -0.15) is 0 Å². The van der Waals surface area contributed by atoms with Gasteiger partial charge in [0, 0.05) is 12.1 Å². The van der Waals surface area contributed by atoms with Gasteiger partial charge in [0.2, 0.25) is 0 Å². The highest BCUT2D eigenvalue weighted by Crippen LogP contribution is 2.40. The number of rotatable bonds is 6. The number of halogens is 1. The van der Waals surface area contributed by atoms with Crippen LogP contribution >= 0.6 is 7.75 Å². The van der Waals surface area contributed by atoms with Gasteiger partial charge in [0.05, 0.1) is 11.5 Å². The standard InChI is InChI=1S/C8H10FN2O5P/c9-5-6-15-17(10,14)16-8-3-1-7(2-4-8)11(12)13/h1-4H,5-6H2,(H2,10,14). The first-order valence-corrected chi connectivity index (χ1v) is 6.09. The average Bonchev–Trinajstić information content (AvgIpc) is 2.26. The monoisotopic (exact) mass is 264 g/mol. The van der Waals surface area contributed by atoms with Crippen LogP contribution in [0.5, 0.6) is 5.75 Å². The van der Waals surface area contributed by atoms with Gasteiger partial charge in [-0.3, -0.25) is 14.6 Å². The molecule has 0 fully saturated rings. The average molecular weight is 264 g/mol. The summed E-state index contributed by atoms with van der Waals surface area (Å²) in [5.41, 5.74) is 5.00. The molecule has 0 bridgehead atoms. The summed E-state index contributed by atoms with van der Waals surface area (Å²) in [7, 11) is -3.88. The van der Waals surface area contributed by atoms with Gasteiger partial charge >= 0.3 is 7.75 Å². The van der Waals surface area contributed by atoms with Crippen molar-refractivity contribution in [3.63, 3.8) is 0 Å². The topological polar surface area (TPSA) is 105 Å². The van der Waals surface area contributed by atoms with Crippen LogP contribution in [0.1, 0.15) is 0 Å². The highest BCUT2D eigenvalue weighted by Gasteiger charge is 2.20. The molecule has 0 amide bonds. The molecule has 1 aromatic carbocycles. The summed E-state index contributed by atoms with van der Waals surface area (Å²) in [5, 5.41) is 10.4. The molecule has 0 spiro atoms. The second-order valence-corrected chi connectivity index (χ2v) is 4.42. The molecule has 17 heavy (non-hydrogen) atoms. The summed E-state index contributed by atoms with van der Waals surface area (Å²) < 4.78 is 32.4. The lowest BCUT2D eigenvalue weighted by Crippen LogP contribution is -2.08. The molecule has 0 saturated carbocycles. The Morgan fingerprint density at radius 1 is 1.41 bits per heavy atom. The first-order chi connectivity index (χ1) is 7.94. The summed E-state index contributed by atoms with van der Waals surface area (Å²) in [6.07, 6.45) is 0. The van der Waals surface area contributed by atoms with Crippen molar-refractivity contribution >= 4 is 13.4 Å². The highest BCUT2D eigenvalue weighted by atomic mass is 31.2. The van der Waals surface area contributed by atoms with Gasteiger partial charge < -0.3 is 4.52 Å². The first kappa shape index (κ1) is 13.6. The van der Waals surface area contributed by atoms with Crippen molar-refractivity contribution in [2.75, 3.05) is 13.3 Å². The second-order valence-electron chi connectivity index (χ2n) is 2.90. The van der Waals surface area contributed by atoms with Crippen molar-refractivity contribution in [1.29, 1.82) is 0 Å². The first-order valence-electron chi connectivity index (χ1n) is 4.48. The molecule has 1 aromatic rings. The van der Waals surface area contributed by atoms with Gasteiger partial charge in [0.1, 0.15) is 12.4 Å². The number of hydrogen-bond donors (Lipinski definition) is 1. The van der Waals surface area contributed by atoms with Crippen molar-refractivity contribution in [3.05, 3.63) is 34.4 Å². The number of nitro benzene ring substituents is 1. The number of non-ortho nitro benzene ring substituents is 1. The zero-order valence-corrected chi connectivity index (χ0v) is 9.51. The van der Waals surface area contributed by atoms with Crippen molar-refractivity contribution in [3.8, 4) is 5.75 Å². The Labute approximate surface area is 96.1 Å². The Bertz CT molecular complexity index is 438. The number of hydrogen-bond acceptors (Lipinski definition) is 5. The largest absolute Gasteiger partial charge is 0.456 e. The van der Waals surface area contributed by atoms with Gasteiger partial charge in [-0.1, -0.05) is 0 Å². The fourth-order valence-corrected chi connectivity index (χ4v) is 1.76. The maximum absolute atomic E-state index is 11.8. The molecule has 0 aliphatic rings. The fraction of sp³-hybridized carbons (Fsp3) is 0.250. The number of nitrogens with zero attached hydrogens (tertiary/aromatic N) is 1. The molecule has 0 aliphatic heterocycles. The number of benzene rings is 1. The van der Waals surface area contributed by atoms with E-state index < -0.39 is 26.0 Å². The molecular weight excluding hydrogens is 254 g/mol. The van der Waals surface area contributed by atoms with E-state index >= 15 is 0 Å². The molecule has 2 N–H and O–H groups in total. The molecule has 0 aliphatic carbocycles. The zero-order valence-electron chi connectivity index (χ0n) is 8.61. The van der Waals surface area contributed by atoms with E-state index in [0.29, 0.717) is 0 Å². The maximum Gasteiger partial charge on any atom is 0.456 e. The smallest absolute Gasteiger partial charge is 0.413 e. The molecule has 1 unspecified atom stereocenters. The van der Waals surface area contributed by atoms with E-state index in [0.717, 1.165) is 12.1 Å². The third kappa shape index (κ3) is 4.48. The van der Waals surface area contributed by atoms with E-state index in [1.807, 2.05) is 0 Å². The zero-order chi connectivity index (χ0) is 12.9. The number of nitro groups is 1. The molecule has 0 radical (unpaired) electrons. The van der Waals surface area contributed by atoms with Crippen molar-refractivity contribution in [2.24, 2.45) is 5.50 Å². The molecule has 0 aromatic heterocycles. The van der Waals surface area contributed by atoms with Crippen LogP contribution in [0.3, 0.4) is 0 Å². The Morgan fingerprint density at radius 3 is 2.47 bits per heavy atom. The molecular formula is C8H10FN2O5P. The Kier molecular flexibility index (Phi) is 4.56. The minimum Gasteiger partial charge on any atom is -0.413 e. The van der Waals surface area contributed by atoms with Crippen LogP contribution in [0, 0.1) is 10.1 Å². The van der Waals surface area contributed by atoms with Crippen LogP contribution in [0.2, 0.25) is 0 Å². The summed E-state index contributed by atoms with van der Waals surface area (Å²) in [4.78, 5) is 9.77. The molecule has 1 atom stereocenters. The Morgan fingerprint density at radius 2 is 2.00 bits per heavy atom. The van der Waals surface area contributed by atoms with Gasteiger partial charge in [-0.05, 0) is 12.1 Å². The Balaban J connectivity index is 2.68. The second kappa shape index (κ2) is 5.72. The van der Waals surface area contributed by atoms with Crippen molar-refractivity contribution < 1.29 is 22.9 Å². The molecule has 0 heterocycles. The van der Waals surface area contributed by atoms with Gasteiger partial charge in [0.25, 0.3) is 5.69 Å². The van der Waals surface area contributed by atoms with Crippen LogP contribution < -0.4 is 10.0 Å². The van der Waals surface area contributed by atoms with Crippen LogP contribution in [0.4, 0.5) is 10.1 Å². The third-order valence-corrected chi connectivity index (χ3v) is 2.64. The summed E-state index contributed by atoms with van der Waals surface area (Å²) >= 11 is 0. The molecule has 9 heteroatoms. The van der Waals surface area contributed by atoms with E-state index in [-0.39, 0.29) is 11.4 Å². The summed E-state index contributed by atoms with van der Waals surface area (Å²) in [6.45, 7) is -1.29. The fourth-order valence-electron chi connectivity index (χ4n) is 0.964. The van der Waals surface area contributed by atoms with Crippen LogP contribution in [0.25, 0.3) is 0 Å². The van der Waals surface area contributed by atoms with Crippen LogP contribution in [-0.4, -0.2) is 18.2 Å². The van der Waals surface area contributed by atoms with E-state index in [2.05, 4.69) is 4.52 Å². The highest BCUT2D eigenvalue weighted by molar-refractivity contribution is 7.51. The lowest BCUT2D eigenvalue weighted by Gasteiger charge is -2.13. The quantitative estimate of drug-likeness (QED) is 0.478. The predicted octanol–water partition coefficient (Wildman–Crippen LogP) is 2.03. The van der Waals surface area contributed by atoms with E-state index in [4.69, 9.17) is 10.0 Å². The molecule has 1 rings (SSSR count). The summed E-state index contributed by atoms with van der Waals surface area (Å²) in [6, 6.07) is 4.75.